The summed E-state index contributed by atoms with van der Waals surface area (Å²) in [6, 6.07) is 8.87. The Balaban J connectivity index is 1.76. The van der Waals surface area contributed by atoms with Crippen molar-refractivity contribution in [3.05, 3.63) is 29.8 Å². The minimum Gasteiger partial charge on any atom is -0.385 e. The van der Waals surface area contributed by atoms with Gasteiger partial charge in [-0.25, -0.2) is 0 Å². The van der Waals surface area contributed by atoms with Gasteiger partial charge in [0.2, 0.25) is 0 Å². The van der Waals surface area contributed by atoms with Crippen LogP contribution in [-0.2, 0) is 11.2 Å². The van der Waals surface area contributed by atoms with Gasteiger partial charge in [-0.1, -0.05) is 25.5 Å². The average molecular weight is 233 g/mol. The van der Waals surface area contributed by atoms with Crippen LogP contribution in [0.4, 0.5) is 5.69 Å². The van der Waals surface area contributed by atoms with E-state index in [0.29, 0.717) is 5.92 Å². The summed E-state index contributed by atoms with van der Waals surface area (Å²) >= 11 is 0. The topological polar surface area (TPSA) is 21.3 Å². The second-order valence-electron chi connectivity index (χ2n) is 4.91. The van der Waals surface area contributed by atoms with Gasteiger partial charge in [-0.3, -0.25) is 0 Å². The molecule has 1 aromatic rings. The van der Waals surface area contributed by atoms with Gasteiger partial charge in [-0.05, 0) is 37.0 Å². The number of unbranched alkanes of at least 4 members (excludes halogenated alkanes) is 1. The molecule has 0 aliphatic carbocycles. The van der Waals surface area contributed by atoms with E-state index in [1.807, 2.05) is 0 Å². The SMILES string of the molecule is CCCCc1ccc(NCC2CCOC2)cc1. The first kappa shape index (κ1) is 12.4. The Labute approximate surface area is 104 Å². The van der Waals surface area contributed by atoms with E-state index in [0.717, 1.165) is 19.8 Å². The van der Waals surface area contributed by atoms with E-state index in [4.69, 9.17) is 4.74 Å². The molecule has 1 aromatic carbocycles. The van der Waals surface area contributed by atoms with Crippen LogP contribution in [0.1, 0.15) is 31.7 Å². The number of ether oxygens (including phenoxy) is 1. The van der Waals surface area contributed by atoms with E-state index in [1.54, 1.807) is 0 Å². The molecule has 0 aromatic heterocycles. The molecule has 17 heavy (non-hydrogen) atoms. The quantitative estimate of drug-likeness (QED) is 0.812. The Morgan fingerprint density at radius 3 is 2.76 bits per heavy atom. The van der Waals surface area contributed by atoms with Gasteiger partial charge in [0.05, 0.1) is 6.61 Å². The molecule has 0 amide bonds. The van der Waals surface area contributed by atoms with Crippen molar-refractivity contribution in [1.29, 1.82) is 0 Å². The Morgan fingerprint density at radius 2 is 2.12 bits per heavy atom. The zero-order valence-electron chi connectivity index (χ0n) is 10.7. The Bertz CT molecular complexity index is 314. The van der Waals surface area contributed by atoms with Gasteiger partial charge in [0, 0.05) is 24.8 Å². The van der Waals surface area contributed by atoms with Crippen LogP contribution in [0, 0.1) is 5.92 Å². The minimum atomic E-state index is 0.690. The lowest BCUT2D eigenvalue weighted by molar-refractivity contribution is 0.187. The third-order valence-corrected chi connectivity index (χ3v) is 3.39. The van der Waals surface area contributed by atoms with Crippen molar-refractivity contribution in [2.24, 2.45) is 5.92 Å². The van der Waals surface area contributed by atoms with Gasteiger partial charge in [0.15, 0.2) is 0 Å². The zero-order valence-corrected chi connectivity index (χ0v) is 10.7. The molecule has 1 saturated heterocycles. The molecule has 1 unspecified atom stereocenters. The smallest absolute Gasteiger partial charge is 0.0511 e. The van der Waals surface area contributed by atoms with Gasteiger partial charge < -0.3 is 10.1 Å². The first-order valence-electron chi connectivity index (χ1n) is 6.79. The van der Waals surface area contributed by atoms with Crippen molar-refractivity contribution >= 4 is 5.69 Å². The van der Waals surface area contributed by atoms with Gasteiger partial charge in [-0.2, -0.15) is 0 Å². The third-order valence-electron chi connectivity index (χ3n) is 3.39. The number of aryl methyl sites for hydroxylation is 1. The standard InChI is InChI=1S/C15H23NO/c1-2-3-4-13-5-7-15(8-6-13)16-11-14-9-10-17-12-14/h5-8,14,16H,2-4,9-12H2,1H3. The maximum Gasteiger partial charge on any atom is 0.0511 e. The summed E-state index contributed by atoms with van der Waals surface area (Å²) in [5, 5.41) is 3.49. The number of hydrogen-bond acceptors (Lipinski definition) is 2. The Morgan fingerprint density at radius 1 is 1.29 bits per heavy atom. The molecule has 2 rings (SSSR count). The largest absolute Gasteiger partial charge is 0.385 e. The fraction of sp³-hybridized carbons (Fsp3) is 0.600. The Hall–Kier alpha value is -1.02. The molecule has 1 aliphatic rings. The van der Waals surface area contributed by atoms with E-state index in [-0.39, 0.29) is 0 Å². The molecule has 1 fully saturated rings. The normalized spacial score (nSPS) is 19.5. The van der Waals surface area contributed by atoms with Crippen molar-refractivity contribution in [3.63, 3.8) is 0 Å². The van der Waals surface area contributed by atoms with Crippen LogP contribution < -0.4 is 5.32 Å². The van der Waals surface area contributed by atoms with E-state index < -0.39 is 0 Å². The van der Waals surface area contributed by atoms with Gasteiger partial charge in [0.1, 0.15) is 0 Å². The van der Waals surface area contributed by atoms with Crippen LogP contribution in [0.3, 0.4) is 0 Å². The molecular formula is C15H23NO. The number of nitrogens with one attached hydrogen (secondary N) is 1. The minimum absolute atomic E-state index is 0.690. The van der Waals surface area contributed by atoms with Crippen molar-refractivity contribution in [1.82, 2.24) is 0 Å². The summed E-state index contributed by atoms with van der Waals surface area (Å²) in [6.45, 7) is 5.12. The molecule has 1 atom stereocenters. The monoisotopic (exact) mass is 233 g/mol. The fourth-order valence-electron chi connectivity index (χ4n) is 2.18. The highest BCUT2D eigenvalue weighted by Crippen LogP contribution is 2.15. The lowest BCUT2D eigenvalue weighted by atomic mass is 10.1. The first-order chi connectivity index (χ1) is 8.38. The van der Waals surface area contributed by atoms with Gasteiger partial charge >= 0.3 is 0 Å². The summed E-state index contributed by atoms with van der Waals surface area (Å²) in [5.74, 6) is 0.690. The molecule has 2 heteroatoms. The molecular weight excluding hydrogens is 210 g/mol. The second-order valence-corrected chi connectivity index (χ2v) is 4.91. The van der Waals surface area contributed by atoms with E-state index >= 15 is 0 Å². The highest BCUT2D eigenvalue weighted by atomic mass is 16.5. The first-order valence-corrected chi connectivity index (χ1v) is 6.79. The van der Waals surface area contributed by atoms with Gasteiger partial charge in [-0.15, -0.1) is 0 Å². The molecule has 94 valence electrons. The van der Waals surface area contributed by atoms with E-state index in [1.165, 1.54) is 36.9 Å². The van der Waals surface area contributed by atoms with Crippen molar-refractivity contribution in [2.45, 2.75) is 32.6 Å². The van der Waals surface area contributed by atoms with Crippen molar-refractivity contribution in [2.75, 3.05) is 25.1 Å². The predicted molar refractivity (Wildman–Crippen MR) is 72.5 cm³/mol. The molecule has 0 radical (unpaired) electrons. The maximum atomic E-state index is 5.37. The van der Waals surface area contributed by atoms with Crippen molar-refractivity contribution < 1.29 is 4.74 Å². The average Bonchev–Trinajstić information content (AvgIpc) is 2.88. The van der Waals surface area contributed by atoms with Crippen LogP contribution in [0.5, 0.6) is 0 Å². The lowest BCUT2D eigenvalue weighted by Gasteiger charge is -2.11. The molecule has 0 saturated carbocycles. The highest BCUT2D eigenvalue weighted by molar-refractivity contribution is 5.44. The third kappa shape index (κ3) is 4.04. The summed E-state index contributed by atoms with van der Waals surface area (Å²) in [6.07, 6.45) is 4.95. The second kappa shape index (κ2) is 6.65. The number of rotatable bonds is 6. The molecule has 1 N–H and O–H groups in total. The zero-order chi connectivity index (χ0) is 11.9. The predicted octanol–water partition coefficient (Wildman–Crippen LogP) is 3.48. The number of anilines is 1. The van der Waals surface area contributed by atoms with Gasteiger partial charge in [0.25, 0.3) is 0 Å². The fourth-order valence-corrected chi connectivity index (χ4v) is 2.18. The van der Waals surface area contributed by atoms with Crippen molar-refractivity contribution in [3.8, 4) is 0 Å². The van der Waals surface area contributed by atoms with Crippen LogP contribution in [0.15, 0.2) is 24.3 Å². The molecule has 1 heterocycles. The molecule has 0 spiro atoms. The maximum absolute atomic E-state index is 5.37. The molecule has 0 bridgehead atoms. The summed E-state index contributed by atoms with van der Waals surface area (Å²) < 4.78 is 5.37. The Kier molecular flexibility index (Phi) is 4.87. The number of benzene rings is 1. The summed E-state index contributed by atoms with van der Waals surface area (Å²) in [5.41, 5.74) is 2.68. The highest BCUT2D eigenvalue weighted by Gasteiger charge is 2.14. The van der Waals surface area contributed by atoms with E-state index in [2.05, 4.69) is 36.5 Å². The van der Waals surface area contributed by atoms with Crippen LogP contribution >= 0.6 is 0 Å². The summed E-state index contributed by atoms with van der Waals surface area (Å²) in [4.78, 5) is 0. The van der Waals surface area contributed by atoms with E-state index in [9.17, 15) is 0 Å². The lowest BCUT2D eigenvalue weighted by Crippen LogP contribution is -2.13. The van der Waals surface area contributed by atoms with Crippen LogP contribution in [-0.4, -0.2) is 19.8 Å². The number of hydrogen-bond donors (Lipinski definition) is 1. The van der Waals surface area contributed by atoms with Crippen LogP contribution in [0.2, 0.25) is 0 Å². The molecule has 2 nitrogen and oxygen atoms in total. The molecule has 1 aliphatic heterocycles. The summed E-state index contributed by atoms with van der Waals surface area (Å²) in [7, 11) is 0. The van der Waals surface area contributed by atoms with Crippen LogP contribution in [0.25, 0.3) is 0 Å².